The van der Waals surface area contributed by atoms with Gasteiger partial charge in [0, 0.05) is 19.1 Å². The number of rotatable bonds is 4. The van der Waals surface area contributed by atoms with Crippen LogP contribution in [0, 0.1) is 0 Å². The van der Waals surface area contributed by atoms with E-state index in [0.717, 1.165) is 18.7 Å². The first-order valence-corrected chi connectivity index (χ1v) is 5.59. The minimum Gasteiger partial charge on any atom is -0.396 e. The van der Waals surface area contributed by atoms with Crippen LogP contribution >= 0.6 is 0 Å². The van der Waals surface area contributed by atoms with Gasteiger partial charge in [0.25, 0.3) is 0 Å². The minimum absolute atomic E-state index is 0.102. The number of aliphatic hydroxyl groups is 1. The van der Waals surface area contributed by atoms with Crippen molar-refractivity contribution in [3.05, 3.63) is 16.3 Å². The Morgan fingerprint density at radius 3 is 2.87 bits per heavy atom. The SMILES string of the molecule is O=c1[nH]nc(CCCO)n1C1CCCC1. The maximum Gasteiger partial charge on any atom is 0.343 e. The molecule has 2 rings (SSSR count). The van der Waals surface area contributed by atoms with Gasteiger partial charge in [-0.15, -0.1) is 0 Å². The molecule has 15 heavy (non-hydrogen) atoms. The molecule has 1 aliphatic rings. The van der Waals surface area contributed by atoms with Crippen LogP contribution in [0.25, 0.3) is 0 Å². The zero-order valence-corrected chi connectivity index (χ0v) is 8.78. The quantitative estimate of drug-likeness (QED) is 0.766. The molecule has 5 heteroatoms. The first-order valence-electron chi connectivity index (χ1n) is 5.59. The summed E-state index contributed by atoms with van der Waals surface area (Å²) < 4.78 is 1.78. The number of hydrogen-bond acceptors (Lipinski definition) is 3. The largest absolute Gasteiger partial charge is 0.396 e. The number of aromatic nitrogens is 3. The highest BCUT2D eigenvalue weighted by Gasteiger charge is 2.21. The first-order chi connectivity index (χ1) is 7.33. The Morgan fingerprint density at radius 2 is 2.20 bits per heavy atom. The van der Waals surface area contributed by atoms with Gasteiger partial charge < -0.3 is 5.11 Å². The summed E-state index contributed by atoms with van der Waals surface area (Å²) in [4.78, 5) is 11.6. The molecule has 0 spiro atoms. The van der Waals surface area contributed by atoms with Crippen LogP contribution in [0.1, 0.15) is 44.0 Å². The van der Waals surface area contributed by atoms with Crippen molar-refractivity contribution in [1.29, 1.82) is 0 Å². The molecule has 0 amide bonds. The van der Waals surface area contributed by atoms with Crippen molar-refractivity contribution >= 4 is 0 Å². The average molecular weight is 211 g/mol. The topological polar surface area (TPSA) is 70.9 Å². The van der Waals surface area contributed by atoms with E-state index in [4.69, 9.17) is 5.11 Å². The van der Waals surface area contributed by atoms with Crippen LogP contribution in [0.15, 0.2) is 4.79 Å². The smallest absolute Gasteiger partial charge is 0.343 e. The number of nitrogens with zero attached hydrogens (tertiary/aromatic N) is 2. The fourth-order valence-electron chi connectivity index (χ4n) is 2.29. The number of hydrogen-bond donors (Lipinski definition) is 2. The molecule has 1 saturated carbocycles. The molecule has 0 bridgehead atoms. The summed E-state index contributed by atoms with van der Waals surface area (Å²) in [6.07, 6.45) is 5.88. The molecular formula is C10H17N3O2. The molecule has 84 valence electrons. The number of H-pyrrole nitrogens is 1. The molecule has 1 aromatic rings. The Bertz CT molecular complexity index is 363. The average Bonchev–Trinajstić information content (AvgIpc) is 2.84. The Labute approximate surface area is 88.1 Å². The highest BCUT2D eigenvalue weighted by molar-refractivity contribution is 4.91. The molecule has 0 unspecified atom stereocenters. The Hall–Kier alpha value is -1.10. The van der Waals surface area contributed by atoms with Gasteiger partial charge in [-0.05, 0) is 19.3 Å². The second-order valence-corrected chi connectivity index (χ2v) is 4.08. The van der Waals surface area contributed by atoms with Crippen LogP contribution in [0.2, 0.25) is 0 Å². The van der Waals surface area contributed by atoms with Gasteiger partial charge in [0.2, 0.25) is 0 Å². The molecular weight excluding hydrogens is 194 g/mol. The van der Waals surface area contributed by atoms with Crippen LogP contribution in [0.5, 0.6) is 0 Å². The predicted molar refractivity (Wildman–Crippen MR) is 55.8 cm³/mol. The van der Waals surface area contributed by atoms with Crippen molar-refractivity contribution in [2.75, 3.05) is 6.61 Å². The summed E-state index contributed by atoms with van der Waals surface area (Å²) in [6, 6.07) is 0.324. The van der Waals surface area contributed by atoms with Gasteiger partial charge in [-0.25, -0.2) is 9.89 Å². The van der Waals surface area contributed by atoms with Gasteiger partial charge in [0.15, 0.2) is 0 Å². The van der Waals surface area contributed by atoms with Crippen LogP contribution in [0.3, 0.4) is 0 Å². The van der Waals surface area contributed by atoms with Gasteiger partial charge in [-0.2, -0.15) is 5.10 Å². The van der Waals surface area contributed by atoms with Crippen LogP contribution < -0.4 is 5.69 Å². The Morgan fingerprint density at radius 1 is 1.47 bits per heavy atom. The molecule has 1 heterocycles. The maximum atomic E-state index is 11.6. The standard InChI is InChI=1S/C10H17N3O2/c14-7-3-6-9-11-12-10(15)13(9)8-4-1-2-5-8/h8,14H,1-7H2,(H,12,15). The second kappa shape index (κ2) is 4.61. The van der Waals surface area contributed by atoms with E-state index in [1.807, 2.05) is 0 Å². The summed E-state index contributed by atoms with van der Waals surface area (Å²) in [5, 5.41) is 15.3. The van der Waals surface area contributed by atoms with Crippen LogP contribution in [-0.2, 0) is 6.42 Å². The molecule has 5 nitrogen and oxygen atoms in total. The summed E-state index contributed by atoms with van der Waals surface area (Å²) >= 11 is 0. The monoisotopic (exact) mass is 211 g/mol. The highest BCUT2D eigenvalue weighted by Crippen LogP contribution is 2.28. The highest BCUT2D eigenvalue weighted by atomic mass is 16.3. The number of aliphatic hydroxyl groups excluding tert-OH is 1. The number of aromatic amines is 1. The third-order valence-electron chi connectivity index (χ3n) is 3.03. The lowest BCUT2D eigenvalue weighted by Gasteiger charge is -2.11. The third kappa shape index (κ3) is 2.12. The lowest BCUT2D eigenvalue weighted by Crippen LogP contribution is -2.22. The summed E-state index contributed by atoms with van der Waals surface area (Å²) in [5.74, 6) is 0.793. The van der Waals surface area contributed by atoms with E-state index in [9.17, 15) is 4.79 Å². The van der Waals surface area contributed by atoms with E-state index in [1.165, 1.54) is 12.8 Å². The maximum absolute atomic E-state index is 11.6. The minimum atomic E-state index is -0.102. The first kappa shape index (κ1) is 10.4. The summed E-state index contributed by atoms with van der Waals surface area (Å²) in [6.45, 7) is 0.145. The van der Waals surface area contributed by atoms with E-state index < -0.39 is 0 Å². The molecule has 2 N–H and O–H groups in total. The zero-order chi connectivity index (χ0) is 10.7. The Kier molecular flexibility index (Phi) is 3.20. The lowest BCUT2D eigenvalue weighted by atomic mass is 10.2. The molecule has 1 aliphatic carbocycles. The Balaban J connectivity index is 2.19. The van der Waals surface area contributed by atoms with Gasteiger partial charge >= 0.3 is 5.69 Å². The van der Waals surface area contributed by atoms with Gasteiger partial charge in [-0.1, -0.05) is 12.8 Å². The number of aryl methyl sites for hydroxylation is 1. The molecule has 1 fully saturated rings. The third-order valence-corrected chi connectivity index (χ3v) is 3.03. The van der Waals surface area contributed by atoms with Crippen molar-refractivity contribution < 1.29 is 5.11 Å². The van der Waals surface area contributed by atoms with E-state index >= 15 is 0 Å². The van der Waals surface area contributed by atoms with Gasteiger partial charge in [0.1, 0.15) is 5.82 Å². The second-order valence-electron chi connectivity index (χ2n) is 4.08. The summed E-state index contributed by atoms with van der Waals surface area (Å²) in [7, 11) is 0. The van der Waals surface area contributed by atoms with Crippen LogP contribution in [-0.4, -0.2) is 26.5 Å². The fourth-order valence-corrected chi connectivity index (χ4v) is 2.29. The van der Waals surface area contributed by atoms with Crippen molar-refractivity contribution in [3.8, 4) is 0 Å². The van der Waals surface area contributed by atoms with Gasteiger partial charge in [0.05, 0.1) is 0 Å². The molecule has 0 atom stereocenters. The van der Waals surface area contributed by atoms with Crippen molar-refractivity contribution in [3.63, 3.8) is 0 Å². The normalized spacial score (nSPS) is 17.4. The number of nitrogens with one attached hydrogen (secondary N) is 1. The molecule has 1 aromatic heterocycles. The molecule has 0 aromatic carbocycles. The van der Waals surface area contributed by atoms with Crippen LogP contribution in [0.4, 0.5) is 0 Å². The van der Waals surface area contributed by atoms with E-state index in [-0.39, 0.29) is 12.3 Å². The van der Waals surface area contributed by atoms with Crippen molar-refractivity contribution in [1.82, 2.24) is 14.8 Å². The van der Waals surface area contributed by atoms with E-state index in [0.29, 0.717) is 18.9 Å². The molecule has 0 radical (unpaired) electrons. The van der Waals surface area contributed by atoms with Crippen molar-refractivity contribution in [2.45, 2.75) is 44.6 Å². The lowest BCUT2D eigenvalue weighted by molar-refractivity contribution is 0.286. The van der Waals surface area contributed by atoms with Gasteiger partial charge in [-0.3, -0.25) is 4.57 Å². The zero-order valence-electron chi connectivity index (χ0n) is 8.78. The summed E-state index contributed by atoms with van der Waals surface area (Å²) in [5.41, 5.74) is -0.102. The molecule has 0 saturated heterocycles. The molecule has 0 aliphatic heterocycles. The van der Waals surface area contributed by atoms with Crippen molar-refractivity contribution in [2.24, 2.45) is 0 Å². The van der Waals surface area contributed by atoms with E-state index in [1.54, 1.807) is 4.57 Å². The fraction of sp³-hybridized carbons (Fsp3) is 0.800. The predicted octanol–water partition coefficient (Wildman–Crippen LogP) is 0.611. The van der Waals surface area contributed by atoms with E-state index in [2.05, 4.69) is 10.2 Å².